The second-order valence-electron chi connectivity index (χ2n) is 10.2. The first kappa shape index (κ1) is 26.7. The molecular weight excluding hydrogens is 566 g/mol. The zero-order chi connectivity index (χ0) is 21.9. The summed E-state index contributed by atoms with van der Waals surface area (Å²) in [4.78, 5) is 0. The molecule has 2 aliphatic rings. The van der Waals surface area contributed by atoms with Crippen molar-refractivity contribution >= 4 is 28.9 Å². The molecule has 2 rings (SSSR count). The monoisotopic (exact) mass is 606 g/mol. The van der Waals surface area contributed by atoms with Gasteiger partial charge in [-0.25, -0.2) is 0 Å². The van der Waals surface area contributed by atoms with E-state index in [4.69, 9.17) is 22.2 Å². The van der Waals surface area contributed by atoms with E-state index in [0.717, 1.165) is 12.1 Å². The van der Waals surface area contributed by atoms with E-state index in [9.17, 15) is 0 Å². The third kappa shape index (κ3) is 8.04. The molecular formula is C24H40Cl2HfSi. The van der Waals surface area contributed by atoms with Crippen molar-refractivity contribution in [1.82, 2.24) is 0 Å². The van der Waals surface area contributed by atoms with Gasteiger partial charge in [0, 0.05) is 0 Å². The van der Waals surface area contributed by atoms with Gasteiger partial charge in [0.05, 0.1) is 0 Å². The number of halogens is 2. The van der Waals surface area contributed by atoms with Crippen molar-refractivity contribution < 1.29 is 22.9 Å². The van der Waals surface area contributed by atoms with Crippen molar-refractivity contribution in [3.63, 3.8) is 0 Å². The molecule has 28 heavy (non-hydrogen) atoms. The Hall–Kier alpha value is 0.627. The molecule has 0 spiro atoms. The molecule has 0 N–H and O–H groups in total. The van der Waals surface area contributed by atoms with Gasteiger partial charge in [0.25, 0.3) is 6.69 Å². The molecule has 0 saturated carbocycles. The predicted molar refractivity (Wildman–Crippen MR) is 128 cm³/mol. The van der Waals surface area contributed by atoms with Crippen molar-refractivity contribution in [3.05, 3.63) is 41.1 Å². The molecule has 0 aromatic rings. The second kappa shape index (κ2) is 10.3. The fourth-order valence-electron chi connectivity index (χ4n) is 3.14. The van der Waals surface area contributed by atoms with Gasteiger partial charge in [-0.05, 0) is 12.1 Å². The molecule has 0 unspecified atom stereocenters. The number of allylic oxidation sites excluding steroid dienone is 8. The minimum atomic E-state index is -1.71. The van der Waals surface area contributed by atoms with Crippen LogP contribution < -0.4 is 0 Å². The Morgan fingerprint density at radius 3 is 1.29 bits per heavy atom. The van der Waals surface area contributed by atoms with E-state index >= 15 is 0 Å². The standard InChI is InChI=1S/2C10H15.C4H10Cl2Si.Hf/c2*1-8-5-6-9(7-8)10(2,3)4;1-3-7(5,6)4-2;/h2*7H,6H2,1-4H3;3-4H2,1-2H3;. The average molecular weight is 606 g/mol. The summed E-state index contributed by atoms with van der Waals surface area (Å²) in [7, 11) is 0. The predicted octanol–water partition coefficient (Wildman–Crippen LogP) is 9.32. The SMILES string of the molecule is CC1=[C]([Hf][C]2=C(C)C=C(C(C)(C)C)C2)CC(C(C)(C)C)=C1.CC[Si](Cl)(Cl)CC. The summed E-state index contributed by atoms with van der Waals surface area (Å²) in [6, 6.07) is 1.93. The molecule has 0 saturated heterocycles. The van der Waals surface area contributed by atoms with Crippen molar-refractivity contribution in [3.8, 4) is 0 Å². The summed E-state index contributed by atoms with van der Waals surface area (Å²) in [5.41, 5.74) is 7.13. The molecule has 0 heterocycles. The van der Waals surface area contributed by atoms with Crippen LogP contribution in [-0.2, 0) is 22.9 Å². The molecule has 0 atom stereocenters. The summed E-state index contributed by atoms with van der Waals surface area (Å²) in [6.45, 7) is 21.1. The summed E-state index contributed by atoms with van der Waals surface area (Å²) in [5.74, 6) is 0. The van der Waals surface area contributed by atoms with Gasteiger partial charge in [0.2, 0.25) is 0 Å². The van der Waals surface area contributed by atoms with Gasteiger partial charge in [0.15, 0.2) is 0 Å². The zero-order valence-electron chi connectivity index (χ0n) is 19.7. The van der Waals surface area contributed by atoms with Gasteiger partial charge in [-0.2, -0.15) is 0 Å². The summed E-state index contributed by atoms with van der Waals surface area (Å²) < 4.78 is 3.66. The Labute approximate surface area is 196 Å². The number of hydrogen-bond donors (Lipinski definition) is 0. The van der Waals surface area contributed by atoms with Gasteiger partial charge in [-0.1, -0.05) is 13.8 Å². The first-order valence-corrected chi connectivity index (χ1v) is 18.6. The van der Waals surface area contributed by atoms with Gasteiger partial charge < -0.3 is 0 Å². The molecule has 0 amide bonds. The molecule has 0 aliphatic heterocycles. The summed E-state index contributed by atoms with van der Waals surface area (Å²) in [5, 5.41) is 0. The largest absolute Gasteiger partial charge is 0.250 e. The van der Waals surface area contributed by atoms with Crippen LogP contribution in [0.5, 0.6) is 0 Å². The van der Waals surface area contributed by atoms with Gasteiger partial charge in [-0.3, -0.25) is 0 Å². The number of hydrogen-bond acceptors (Lipinski definition) is 0. The minimum Gasteiger partial charge on any atom is -0.146 e. The topological polar surface area (TPSA) is 0 Å². The van der Waals surface area contributed by atoms with E-state index in [1.807, 2.05) is 20.5 Å². The molecule has 0 fully saturated rings. The molecule has 2 aliphatic carbocycles. The quantitative estimate of drug-likeness (QED) is 0.221. The summed E-state index contributed by atoms with van der Waals surface area (Å²) in [6.07, 6.45) is 7.48. The van der Waals surface area contributed by atoms with E-state index in [1.54, 1.807) is 22.3 Å². The van der Waals surface area contributed by atoms with Crippen LogP contribution in [0.15, 0.2) is 41.1 Å². The maximum absolute atomic E-state index is 5.81. The zero-order valence-corrected chi connectivity index (χ0v) is 25.8. The van der Waals surface area contributed by atoms with E-state index < -0.39 is 29.6 Å². The van der Waals surface area contributed by atoms with Crippen molar-refractivity contribution in [2.75, 3.05) is 0 Å². The van der Waals surface area contributed by atoms with Gasteiger partial charge >= 0.3 is 143 Å². The van der Waals surface area contributed by atoms with Crippen molar-refractivity contribution in [2.45, 2.75) is 94.2 Å². The average Bonchev–Trinajstić information content (AvgIpc) is 3.12. The maximum atomic E-state index is 5.81. The van der Waals surface area contributed by atoms with Crippen LogP contribution in [-0.4, -0.2) is 6.69 Å². The fourth-order valence-corrected chi connectivity index (χ4v) is 8.89. The van der Waals surface area contributed by atoms with E-state index in [0.29, 0.717) is 10.8 Å². The van der Waals surface area contributed by atoms with E-state index in [1.165, 1.54) is 12.8 Å². The second-order valence-corrected chi connectivity index (χ2v) is 23.5. The van der Waals surface area contributed by atoms with Crippen LogP contribution in [0.1, 0.15) is 82.1 Å². The molecule has 0 nitrogen and oxygen atoms in total. The minimum absolute atomic E-state index is 0.334. The molecule has 0 aromatic heterocycles. The Kier molecular flexibility index (Phi) is 9.80. The first-order valence-electron chi connectivity index (χ1n) is 10.6. The normalized spacial score (nSPS) is 18.1. The van der Waals surface area contributed by atoms with Crippen LogP contribution >= 0.6 is 22.2 Å². The Morgan fingerprint density at radius 1 is 0.786 bits per heavy atom. The first-order chi connectivity index (χ1) is 12.6. The van der Waals surface area contributed by atoms with E-state index in [-0.39, 0.29) is 0 Å². The summed E-state index contributed by atoms with van der Waals surface area (Å²) >= 11 is 10.8. The van der Waals surface area contributed by atoms with Gasteiger partial charge in [-0.15, -0.1) is 22.2 Å². The van der Waals surface area contributed by atoms with Crippen molar-refractivity contribution in [2.24, 2.45) is 10.8 Å². The molecule has 0 bridgehead atoms. The third-order valence-corrected chi connectivity index (χ3v) is 17.3. The maximum Gasteiger partial charge on any atom is 0.250 e. The Bertz CT molecular complexity index is 637. The van der Waals surface area contributed by atoms with Crippen molar-refractivity contribution in [1.29, 1.82) is 0 Å². The Balaban J connectivity index is 0.000000480. The molecule has 0 radical (unpaired) electrons. The van der Waals surface area contributed by atoms with Crippen LogP contribution in [0.4, 0.5) is 0 Å². The Morgan fingerprint density at radius 2 is 1.11 bits per heavy atom. The molecule has 4 heteroatoms. The van der Waals surface area contributed by atoms with Crippen LogP contribution in [0.25, 0.3) is 0 Å². The van der Waals surface area contributed by atoms with Gasteiger partial charge in [0.1, 0.15) is 0 Å². The van der Waals surface area contributed by atoms with Crippen LogP contribution in [0.2, 0.25) is 12.1 Å². The van der Waals surface area contributed by atoms with Crippen LogP contribution in [0, 0.1) is 10.8 Å². The smallest absolute Gasteiger partial charge is 0.146 e. The fraction of sp³-hybridized carbons (Fsp3) is 0.667. The number of rotatable bonds is 4. The molecule has 0 aromatic carbocycles. The van der Waals surface area contributed by atoms with Crippen LogP contribution in [0.3, 0.4) is 0 Å². The molecule has 158 valence electrons. The van der Waals surface area contributed by atoms with E-state index in [2.05, 4.69) is 67.5 Å². The third-order valence-electron chi connectivity index (χ3n) is 5.73.